The fourth-order valence-corrected chi connectivity index (χ4v) is 12.2. The van der Waals surface area contributed by atoms with Gasteiger partial charge in [-0.2, -0.15) is 0 Å². The van der Waals surface area contributed by atoms with Crippen LogP contribution in [0.5, 0.6) is 0 Å². The molecule has 510 valence electrons. The average molecular weight is 1440 g/mol. The van der Waals surface area contributed by atoms with E-state index in [0.717, 1.165) is 122 Å². The summed E-state index contributed by atoms with van der Waals surface area (Å²) in [6.45, 7) is 8.23. The maximum atomic E-state index is 6.19. The zero-order chi connectivity index (χ0) is 72.2. The first-order chi connectivity index (χ1) is 51.9. The minimum absolute atomic E-state index is 0.375. The van der Waals surface area contributed by atoms with E-state index in [1.165, 1.54) is 0 Å². The molecule has 0 bridgehead atoms. The van der Waals surface area contributed by atoms with Crippen LogP contribution in [0, 0.1) is 0 Å². The van der Waals surface area contributed by atoms with Crippen molar-refractivity contribution < 1.29 is 9.31 Å². The Labute approximate surface area is 624 Å². The van der Waals surface area contributed by atoms with E-state index in [0.29, 0.717) is 34.9 Å². The Balaban J connectivity index is 0.000000135. The number of hydrogen-bond acceptors (Lipinski definition) is 14. The molecule has 0 N–H and O–H groups in total. The summed E-state index contributed by atoms with van der Waals surface area (Å²) in [5, 5.41) is 0. The first-order valence-corrected chi connectivity index (χ1v) is 35.5. The molecule has 1 saturated heterocycles. The molecule has 0 unspecified atom stereocenters. The molecule has 0 aliphatic carbocycles. The number of hydrogen-bond donors (Lipinski definition) is 0. The lowest BCUT2D eigenvalue weighted by Gasteiger charge is -2.32. The van der Waals surface area contributed by atoms with Crippen molar-refractivity contribution in [3.8, 4) is 147 Å². The van der Waals surface area contributed by atoms with Crippen LogP contribution in [0.25, 0.3) is 147 Å². The maximum absolute atomic E-state index is 6.19. The first kappa shape index (κ1) is 68.9. The Bertz CT molecular complexity index is 5200. The summed E-state index contributed by atoms with van der Waals surface area (Å²) in [6, 6.07) is 105. The number of rotatable bonds is 14. The molecule has 106 heavy (non-hydrogen) atoms. The number of pyridine rings is 6. The van der Waals surface area contributed by atoms with Gasteiger partial charge in [-0.3, -0.25) is 19.9 Å². The van der Waals surface area contributed by atoms with Crippen molar-refractivity contribution in [2.45, 2.75) is 38.9 Å². The molecule has 17 rings (SSSR count). The number of benzene rings is 8. The maximum Gasteiger partial charge on any atom is 0.494 e. The highest BCUT2D eigenvalue weighted by Gasteiger charge is 2.51. The summed E-state index contributed by atoms with van der Waals surface area (Å²) >= 11 is 3.49. The molecule has 8 aromatic heterocycles. The smallest absolute Gasteiger partial charge is 0.399 e. The molecule has 0 radical (unpaired) electrons. The third kappa shape index (κ3) is 16.2. The van der Waals surface area contributed by atoms with Gasteiger partial charge in [0.2, 0.25) is 0 Å². The molecule has 8 aromatic carbocycles. The highest BCUT2D eigenvalue weighted by atomic mass is 79.9. The van der Waals surface area contributed by atoms with Gasteiger partial charge in [-0.25, -0.2) is 39.9 Å². The Hall–Kier alpha value is -12.9. The monoisotopic (exact) mass is 1440 g/mol. The molecular weight excluding hydrogens is 1370 g/mol. The van der Waals surface area contributed by atoms with Gasteiger partial charge in [-0.05, 0) is 151 Å². The third-order valence-electron chi connectivity index (χ3n) is 18.3. The molecule has 0 amide bonds. The lowest BCUT2D eigenvalue weighted by Crippen LogP contribution is -2.41. The predicted octanol–water partition coefficient (Wildman–Crippen LogP) is 20.5. The normalized spacial score (nSPS) is 12.6. The van der Waals surface area contributed by atoms with Crippen LogP contribution in [-0.2, 0) is 9.31 Å². The van der Waals surface area contributed by atoms with Crippen LogP contribution in [0.1, 0.15) is 27.7 Å². The van der Waals surface area contributed by atoms with Crippen LogP contribution in [0.2, 0.25) is 0 Å². The van der Waals surface area contributed by atoms with Gasteiger partial charge in [0, 0.05) is 62.6 Å². The second-order valence-corrected chi connectivity index (χ2v) is 27.0. The second-order valence-electron chi connectivity index (χ2n) is 26.1. The first-order valence-electron chi connectivity index (χ1n) is 34.8. The van der Waals surface area contributed by atoms with Gasteiger partial charge in [0.25, 0.3) is 0 Å². The Morgan fingerprint density at radius 1 is 0.226 bits per heavy atom. The van der Waals surface area contributed by atoms with E-state index < -0.39 is 7.12 Å². The molecule has 1 fully saturated rings. The van der Waals surface area contributed by atoms with Crippen molar-refractivity contribution in [3.05, 3.63) is 345 Å². The summed E-state index contributed by atoms with van der Waals surface area (Å²) in [7, 11) is -0.401. The zero-order valence-corrected chi connectivity index (χ0v) is 60.1. The summed E-state index contributed by atoms with van der Waals surface area (Å²) in [5.41, 5.74) is 19.0. The molecule has 0 saturated carbocycles. The zero-order valence-electron chi connectivity index (χ0n) is 58.5. The van der Waals surface area contributed by atoms with Crippen LogP contribution in [-0.4, -0.2) is 78.1 Å². The average Bonchev–Trinajstić information content (AvgIpc) is 1.59. The Morgan fingerprint density at radius 3 is 0.717 bits per heavy atom. The number of halogens is 1. The fourth-order valence-electron chi connectivity index (χ4n) is 11.9. The number of nitrogens with zero attached hydrogens (tertiary/aromatic N) is 12. The molecular formula is C90H68BBrN12O2. The fraction of sp³-hybridized carbons (Fsp3) is 0.0667. The Morgan fingerprint density at radius 2 is 0.453 bits per heavy atom. The van der Waals surface area contributed by atoms with Gasteiger partial charge < -0.3 is 9.31 Å². The summed E-state index contributed by atoms with van der Waals surface area (Å²) in [6.07, 6.45) is 7.14. The van der Waals surface area contributed by atoms with Crippen molar-refractivity contribution in [1.29, 1.82) is 0 Å². The molecule has 0 spiro atoms. The molecule has 9 heterocycles. The quantitative estimate of drug-likeness (QED) is 0.0941. The van der Waals surface area contributed by atoms with Crippen LogP contribution >= 0.6 is 15.9 Å². The third-order valence-corrected chi connectivity index (χ3v) is 18.9. The van der Waals surface area contributed by atoms with Gasteiger partial charge >= 0.3 is 7.12 Å². The van der Waals surface area contributed by atoms with Crippen molar-refractivity contribution in [2.75, 3.05) is 0 Å². The lowest BCUT2D eigenvalue weighted by atomic mass is 9.79. The van der Waals surface area contributed by atoms with Crippen molar-refractivity contribution >= 4 is 28.5 Å². The summed E-state index contributed by atoms with van der Waals surface area (Å²) < 4.78 is 13.4. The van der Waals surface area contributed by atoms with Gasteiger partial charge in [0.15, 0.2) is 34.9 Å². The van der Waals surface area contributed by atoms with Crippen LogP contribution < -0.4 is 5.46 Å². The van der Waals surface area contributed by atoms with Gasteiger partial charge in [0.05, 0.1) is 56.8 Å². The van der Waals surface area contributed by atoms with E-state index in [1.807, 2.05) is 231 Å². The van der Waals surface area contributed by atoms with Crippen molar-refractivity contribution in [1.82, 2.24) is 59.8 Å². The molecule has 16 heteroatoms. The lowest BCUT2D eigenvalue weighted by molar-refractivity contribution is 0.00578. The van der Waals surface area contributed by atoms with Crippen LogP contribution in [0.15, 0.2) is 345 Å². The van der Waals surface area contributed by atoms with E-state index in [4.69, 9.17) is 49.2 Å². The van der Waals surface area contributed by atoms with E-state index in [9.17, 15) is 0 Å². The standard InChI is InChI=1S/C42H28N6.C27H26BN3O2.C21H14BrN3/c1-3-11-32(12-4-1)40-46-41(33-13-5-2-6-14-33)48-42(47-40)34-23-21-30(22-24-34)29-17-19-31(20-18-29)35-27-38(36-15-7-9-25-43-36)45-39(28-35)37-16-8-10-26-44-37;1-26(2)27(3,4)33-28(32-26)22-17-15-21(16-18-22)25-30-23(19-11-7-5-8-12-19)29-24(31-25)20-13-9-6-10-14-20;22-17-9-7-15(8-10-17)16-13-20(18-5-1-3-11-23-18)25-21(14-16)19-6-2-4-12-24-19/h1-28H;5-18H,1-4H3;1-14H. The van der Waals surface area contributed by atoms with Gasteiger partial charge in [-0.15, -0.1) is 0 Å². The largest absolute Gasteiger partial charge is 0.494 e. The number of aromatic nitrogens is 12. The SMILES string of the molecule is Brc1ccc(-c2cc(-c3ccccn3)nc(-c3ccccn3)c2)cc1.CC1(C)OB(c2ccc(-c3nc(-c4ccccc4)nc(-c4ccccc4)n3)cc2)OC1(C)C.c1ccc(-c2nc(-c3ccccc3)nc(-c3ccc(-c4ccc(-c5cc(-c6ccccn6)nc(-c6ccccn6)c5)cc4)cc3)n2)cc1. The molecule has 0 atom stereocenters. The van der Waals surface area contributed by atoms with E-state index in [-0.39, 0.29) is 11.2 Å². The van der Waals surface area contributed by atoms with Gasteiger partial charge in [-0.1, -0.05) is 246 Å². The molecule has 14 nitrogen and oxygen atoms in total. The summed E-state index contributed by atoms with van der Waals surface area (Å²) in [5.74, 6) is 3.85. The molecule has 1 aliphatic rings. The van der Waals surface area contributed by atoms with Gasteiger partial charge in [0.1, 0.15) is 0 Å². The van der Waals surface area contributed by atoms with Crippen LogP contribution in [0.4, 0.5) is 0 Å². The van der Waals surface area contributed by atoms with Crippen molar-refractivity contribution in [3.63, 3.8) is 0 Å². The highest BCUT2D eigenvalue weighted by Crippen LogP contribution is 2.38. The summed E-state index contributed by atoms with van der Waals surface area (Å²) in [4.78, 5) is 56.5. The van der Waals surface area contributed by atoms with Crippen LogP contribution in [0.3, 0.4) is 0 Å². The molecule has 16 aromatic rings. The second kappa shape index (κ2) is 31.4. The van der Waals surface area contributed by atoms with E-state index >= 15 is 0 Å². The minimum atomic E-state index is -0.401. The predicted molar refractivity (Wildman–Crippen MR) is 427 cm³/mol. The minimum Gasteiger partial charge on any atom is -0.399 e. The highest BCUT2D eigenvalue weighted by molar-refractivity contribution is 9.10. The Kier molecular flexibility index (Phi) is 20.4. The van der Waals surface area contributed by atoms with Crippen molar-refractivity contribution in [2.24, 2.45) is 0 Å². The topological polar surface area (TPSA) is 173 Å². The molecule has 1 aliphatic heterocycles. The van der Waals surface area contributed by atoms with E-state index in [1.54, 1.807) is 24.8 Å². The van der Waals surface area contributed by atoms with E-state index in [2.05, 4.69) is 148 Å².